The molecule has 0 aromatic heterocycles. The third kappa shape index (κ3) is 2.98. The molecule has 0 aliphatic heterocycles. The van der Waals surface area contributed by atoms with E-state index >= 15 is 0 Å². The SMILES string of the molecule is CNC(=O)C(Nc1cccc(F)c1C#N)C(C)C. The number of nitrogens with one attached hydrogen (secondary N) is 2. The zero-order chi connectivity index (χ0) is 13.7. The molecule has 0 bridgehead atoms. The maximum atomic E-state index is 13.4. The summed E-state index contributed by atoms with van der Waals surface area (Å²) in [6.07, 6.45) is 0. The number of hydrogen-bond acceptors (Lipinski definition) is 3. The van der Waals surface area contributed by atoms with Crippen LogP contribution in [0, 0.1) is 23.1 Å². The van der Waals surface area contributed by atoms with Crippen LogP contribution in [0.1, 0.15) is 19.4 Å². The van der Waals surface area contributed by atoms with Crippen molar-refractivity contribution in [2.45, 2.75) is 19.9 Å². The molecule has 1 atom stereocenters. The molecule has 1 aromatic rings. The topological polar surface area (TPSA) is 64.9 Å². The molecule has 1 rings (SSSR count). The van der Waals surface area contributed by atoms with Gasteiger partial charge in [-0.15, -0.1) is 0 Å². The standard InChI is InChI=1S/C13H16FN3O/c1-8(2)12(13(18)16-3)17-11-6-4-5-10(14)9(11)7-15/h4-6,8,12,17H,1-3H3,(H,16,18). The Hall–Kier alpha value is -2.09. The molecule has 1 amide bonds. The number of nitrogens with zero attached hydrogens (tertiary/aromatic N) is 1. The lowest BCUT2D eigenvalue weighted by Gasteiger charge is -2.22. The number of anilines is 1. The first-order chi connectivity index (χ1) is 8.51. The maximum absolute atomic E-state index is 13.4. The van der Waals surface area contributed by atoms with Gasteiger partial charge in [-0.3, -0.25) is 4.79 Å². The number of likely N-dealkylation sites (N-methyl/N-ethyl adjacent to an activating group) is 1. The zero-order valence-electron chi connectivity index (χ0n) is 10.6. The quantitative estimate of drug-likeness (QED) is 0.856. The third-order valence-corrected chi connectivity index (χ3v) is 2.63. The first-order valence-electron chi connectivity index (χ1n) is 5.68. The van der Waals surface area contributed by atoms with Crippen LogP contribution >= 0.6 is 0 Å². The first kappa shape index (κ1) is 14.0. The van der Waals surface area contributed by atoms with E-state index in [4.69, 9.17) is 5.26 Å². The van der Waals surface area contributed by atoms with Crippen molar-refractivity contribution in [2.24, 2.45) is 5.92 Å². The van der Waals surface area contributed by atoms with Crippen LogP contribution in [0.25, 0.3) is 0 Å². The summed E-state index contributed by atoms with van der Waals surface area (Å²) in [7, 11) is 1.54. The van der Waals surface area contributed by atoms with Gasteiger partial charge in [0.15, 0.2) is 0 Å². The van der Waals surface area contributed by atoms with Gasteiger partial charge in [0, 0.05) is 7.05 Å². The van der Waals surface area contributed by atoms with Gasteiger partial charge in [-0.25, -0.2) is 4.39 Å². The van der Waals surface area contributed by atoms with Gasteiger partial charge in [-0.05, 0) is 18.1 Å². The van der Waals surface area contributed by atoms with E-state index in [0.717, 1.165) is 0 Å². The van der Waals surface area contributed by atoms with Gasteiger partial charge in [0.1, 0.15) is 23.5 Å². The minimum absolute atomic E-state index is 0.0137. The number of benzene rings is 1. The maximum Gasteiger partial charge on any atom is 0.242 e. The highest BCUT2D eigenvalue weighted by Crippen LogP contribution is 2.20. The Bertz CT molecular complexity index is 480. The van der Waals surface area contributed by atoms with Gasteiger partial charge in [0.25, 0.3) is 0 Å². The van der Waals surface area contributed by atoms with E-state index in [-0.39, 0.29) is 17.4 Å². The molecular formula is C13H16FN3O. The van der Waals surface area contributed by atoms with Crippen LogP contribution in [0.4, 0.5) is 10.1 Å². The van der Waals surface area contributed by atoms with E-state index < -0.39 is 11.9 Å². The Morgan fingerprint density at radius 1 is 1.44 bits per heavy atom. The Morgan fingerprint density at radius 3 is 2.61 bits per heavy atom. The lowest BCUT2D eigenvalue weighted by atomic mass is 10.0. The molecule has 96 valence electrons. The molecule has 2 N–H and O–H groups in total. The summed E-state index contributed by atoms with van der Waals surface area (Å²) in [5.41, 5.74) is 0.256. The Balaban J connectivity index is 3.06. The van der Waals surface area contributed by atoms with Gasteiger partial charge >= 0.3 is 0 Å². The van der Waals surface area contributed by atoms with Crippen molar-refractivity contribution >= 4 is 11.6 Å². The zero-order valence-corrected chi connectivity index (χ0v) is 10.6. The van der Waals surface area contributed by atoms with Crippen LogP contribution in [-0.2, 0) is 4.79 Å². The van der Waals surface area contributed by atoms with Crippen molar-refractivity contribution in [2.75, 3.05) is 12.4 Å². The summed E-state index contributed by atoms with van der Waals surface area (Å²) in [5, 5.41) is 14.4. The van der Waals surface area contributed by atoms with Gasteiger partial charge in [0.05, 0.1) is 5.69 Å². The fourth-order valence-corrected chi connectivity index (χ4v) is 1.62. The monoisotopic (exact) mass is 249 g/mol. The van der Waals surface area contributed by atoms with Gasteiger partial charge in [-0.2, -0.15) is 5.26 Å². The molecule has 0 fully saturated rings. The smallest absolute Gasteiger partial charge is 0.242 e. The number of rotatable bonds is 4. The molecule has 1 aromatic carbocycles. The van der Waals surface area contributed by atoms with Crippen LogP contribution in [0.15, 0.2) is 18.2 Å². The molecule has 0 radical (unpaired) electrons. The molecular weight excluding hydrogens is 233 g/mol. The highest BCUT2D eigenvalue weighted by Gasteiger charge is 2.22. The van der Waals surface area contributed by atoms with E-state index in [1.807, 2.05) is 13.8 Å². The number of nitriles is 1. The predicted octanol–water partition coefficient (Wildman–Crippen LogP) is 1.88. The van der Waals surface area contributed by atoms with Crippen LogP contribution in [0.3, 0.4) is 0 Å². The molecule has 0 heterocycles. The van der Waals surface area contributed by atoms with Crippen molar-refractivity contribution in [3.8, 4) is 6.07 Å². The van der Waals surface area contributed by atoms with Crippen molar-refractivity contribution < 1.29 is 9.18 Å². The van der Waals surface area contributed by atoms with E-state index in [1.165, 1.54) is 19.2 Å². The fraction of sp³-hybridized carbons (Fsp3) is 0.385. The number of halogens is 1. The molecule has 0 spiro atoms. The molecule has 1 unspecified atom stereocenters. The second kappa shape index (κ2) is 6.01. The van der Waals surface area contributed by atoms with Crippen LogP contribution in [-0.4, -0.2) is 19.0 Å². The number of hydrogen-bond donors (Lipinski definition) is 2. The van der Waals surface area contributed by atoms with Gasteiger partial charge in [0.2, 0.25) is 5.91 Å². The van der Waals surface area contributed by atoms with Gasteiger partial charge in [-0.1, -0.05) is 19.9 Å². The molecule has 0 aliphatic rings. The molecule has 4 nitrogen and oxygen atoms in total. The van der Waals surface area contributed by atoms with Crippen LogP contribution < -0.4 is 10.6 Å². The average molecular weight is 249 g/mol. The van der Waals surface area contributed by atoms with Crippen molar-refractivity contribution in [3.05, 3.63) is 29.6 Å². The van der Waals surface area contributed by atoms with Crippen molar-refractivity contribution in [1.29, 1.82) is 5.26 Å². The van der Waals surface area contributed by atoms with Crippen LogP contribution in [0.2, 0.25) is 0 Å². The van der Waals surface area contributed by atoms with Gasteiger partial charge < -0.3 is 10.6 Å². The minimum Gasteiger partial charge on any atom is -0.372 e. The number of carbonyl (C=O) groups is 1. The largest absolute Gasteiger partial charge is 0.372 e. The number of carbonyl (C=O) groups excluding carboxylic acids is 1. The normalized spacial score (nSPS) is 11.8. The molecule has 0 saturated carbocycles. The summed E-state index contributed by atoms with van der Waals surface area (Å²) in [4.78, 5) is 11.7. The summed E-state index contributed by atoms with van der Waals surface area (Å²) >= 11 is 0. The van der Waals surface area contributed by atoms with Crippen molar-refractivity contribution in [1.82, 2.24) is 5.32 Å². The first-order valence-corrected chi connectivity index (χ1v) is 5.68. The second-order valence-corrected chi connectivity index (χ2v) is 4.25. The molecule has 0 aliphatic carbocycles. The predicted molar refractivity (Wildman–Crippen MR) is 67.4 cm³/mol. The highest BCUT2D eigenvalue weighted by molar-refractivity contribution is 5.85. The average Bonchev–Trinajstić information content (AvgIpc) is 2.34. The van der Waals surface area contributed by atoms with Crippen LogP contribution in [0.5, 0.6) is 0 Å². The van der Waals surface area contributed by atoms with E-state index in [1.54, 1.807) is 12.1 Å². The summed E-state index contributed by atoms with van der Waals surface area (Å²) < 4.78 is 13.4. The summed E-state index contributed by atoms with van der Waals surface area (Å²) in [6, 6.07) is 5.58. The van der Waals surface area contributed by atoms with E-state index in [2.05, 4.69) is 10.6 Å². The summed E-state index contributed by atoms with van der Waals surface area (Å²) in [6.45, 7) is 3.75. The lowest BCUT2D eigenvalue weighted by Crippen LogP contribution is -2.41. The minimum atomic E-state index is -0.595. The lowest BCUT2D eigenvalue weighted by molar-refractivity contribution is -0.122. The molecule has 5 heteroatoms. The third-order valence-electron chi connectivity index (χ3n) is 2.63. The molecule has 0 saturated heterocycles. The number of amides is 1. The highest BCUT2D eigenvalue weighted by atomic mass is 19.1. The van der Waals surface area contributed by atoms with E-state index in [9.17, 15) is 9.18 Å². The Kier molecular flexibility index (Phi) is 4.67. The van der Waals surface area contributed by atoms with Crippen molar-refractivity contribution in [3.63, 3.8) is 0 Å². The Labute approximate surface area is 106 Å². The second-order valence-electron chi connectivity index (χ2n) is 4.25. The fourth-order valence-electron chi connectivity index (χ4n) is 1.62. The Morgan fingerprint density at radius 2 is 2.11 bits per heavy atom. The summed E-state index contributed by atoms with van der Waals surface area (Å²) in [5.74, 6) is -0.778. The molecule has 18 heavy (non-hydrogen) atoms. The van der Waals surface area contributed by atoms with E-state index in [0.29, 0.717) is 5.69 Å².